The lowest BCUT2D eigenvalue weighted by Crippen LogP contribution is -2.24. The predicted molar refractivity (Wildman–Crippen MR) is 74.4 cm³/mol. The molecular weight excluding hydrogens is 294 g/mol. The van der Waals surface area contributed by atoms with Crippen LogP contribution < -0.4 is 10.0 Å². The Balaban J connectivity index is 2.01. The highest BCUT2D eigenvalue weighted by molar-refractivity contribution is 7.89. The van der Waals surface area contributed by atoms with Crippen LogP contribution in [-0.4, -0.2) is 29.5 Å². The van der Waals surface area contributed by atoms with E-state index in [1.54, 1.807) is 12.1 Å². The van der Waals surface area contributed by atoms with E-state index >= 15 is 0 Å². The molecule has 1 heterocycles. The molecule has 1 aromatic heterocycles. The predicted octanol–water partition coefficient (Wildman–Crippen LogP) is -0.0807. The second-order valence-electron chi connectivity index (χ2n) is 4.31. The van der Waals surface area contributed by atoms with Gasteiger partial charge in [-0.1, -0.05) is 12.1 Å². The SMILES string of the molecule is CC(=O)NCc1ccc(S(=O)(=O)NCc2ncn[nH]2)cc1. The van der Waals surface area contributed by atoms with Gasteiger partial charge in [0, 0.05) is 13.5 Å². The number of H-pyrrole nitrogens is 1. The molecule has 0 radical (unpaired) electrons. The van der Waals surface area contributed by atoms with Crippen LogP contribution >= 0.6 is 0 Å². The summed E-state index contributed by atoms with van der Waals surface area (Å²) in [5.41, 5.74) is 0.819. The molecule has 0 saturated heterocycles. The molecule has 0 saturated carbocycles. The second-order valence-corrected chi connectivity index (χ2v) is 6.08. The van der Waals surface area contributed by atoms with E-state index in [1.807, 2.05) is 0 Å². The quantitative estimate of drug-likeness (QED) is 0.690. The zero-order valence-corrected chi connectivity index (χ0v) is 12.1. The van der Waals surface area contributed by atoms with Crippen molar-refractivity contribution in [1.82, 2.24) is 25.2 Å². The molecule has 112 valence electrons. The summed E-state index contributed by atoms with van der Waals surface area (Å²) in [6.45, 7) is 1.82. The number of amides is 1. The molecule has 0 fully saturated rings. The number of carbonyl (C=O) groups excluding carboxylic acids is 1. The Kier molecular flexibility index (Phi) is 4.66. The molecule has 0 bridgehead atoms. The first kappa shape index (κ1) is 15.1. The maximum Gasteiger partial charge on any atom is 0.240 e. The van der Waals surface area contributed by atoms with E-state index < -0.39 is 10.0 Å². The molecule has 0 aliphatic rings. The Hall–Kier alpha value is -2.26. The normalized spacial score (nSPS) is 11.3. The first-order valence-corrected chi connectivity index (χ1v) is 7.63. The maximum atomic E-state index is 12.1. The van der Waals surface area contributed by atoms with Gasteiger partial charge in [-0.05, 0) is 17.7 Å². The van der Waals surface area contributed by atoms with Crippen LogP contribution in [0.4, 0.5) is 0 Å². The number of aromatic nitrogens is 3. The van der Waals surface area contributed by atoms with Crippen molar-refractivity contribution in [1.29, 1.82) is 0 Å². The second kappa shape index (κ2) is 6.46. The molecule has 8 nitrogen and oxygen atoms in total. The minimum Gasteiger partial charge on any atom is -0.352 e. The third kappa shape index (κ3) is 4.36. The van der Waals surface area contributed by atoms with Crippen molar-refractivity contribution in [2.75, 3.05) is 0 Å². The fourth-order valence-electron chi connectivity index (χ4n) is 1.58. The van der Waals surface area contributed by atoms with E-state index in [4.69, 9.17) is 0 Å². The summed E-state index contributed by atoms with van der Waals surface area (Å²) in [6.07, 6.45) is 1.31. The van der Waals surface area contributed by atoms with Crippen LogP contribution in [0.25, 0.3) is 0 Å². The van der Waals surface area contributed by atoms with Crippen LogP contribution in [0.2, 0.25) is 0 Å². The van der Waals surface area contributed by atoms with Crippen LogP contribution in [0.1, 0.15) is 18.3 Å². The van der Waals surface area contributed by atoms with Crippen LogP contribution in [0.5, 0.6) is 0 Å². The first-order chi connectivity index (χ1) is 9.97. The minimum absolute atomic E-state index is 0.0377. The van der Waals surface area contributed by atoms with E-state index in [0.717, 1.165) is 5.56 Å². The molecule has 0 unspecified atom stereocenters. The zero-order valence-electron chi connectivity index (χ0n) is 11.3. The van der Waals surface area contributed by atoms with Gasteiger partial charge in [0.2, 0.25) is 15.9 Å². The summed E-state index contributed by atoms with van der Waals surface area (Å²) in [6, 6.07) is 6.28. The lowest BCUT2D eigenvalue weighted by atomic mass is 10.2. The van der Waals surface area contributed by atoms with Gasteiger partial charge in [-0.2, -0.15) is 5.10 Å². The van der Waals surface area contributed by atoms with Gasteiger partial charge in [0.1, 0.15) is 12.2 Å². The fourth-order valence-corrected chi connectivity index (χ4v) is 2.56. The fraction of sp³-hybridized carbons (Fsp3) is 0.250. The molecule has 0 aliphatic carbocycles. The third-order valence-corrected chi connectivity index (χ3v) is 4.09. The number of rotatable bonds is 6. The average molecular weight is 309 g/mol. The van der Waals surface area contributed by atoms with Gasteiger partial charge < -0.3 is 5.32 Å². The van der Waals surface area contributed by atoms with Crippen molar-refractivity contribution in [3.8, 4) is 0 Å². The molecule has 9 heteroatoms. The largest absolute Gasteiger partial charge is 0.352 e. The van der Waals surface area contributed by atoms with Crippen molar-refractivity contribution >= 4 is 15.9 Å². The Labute approximate surface area is 122 Å². The highest BCUT2D eigenvalue weighted by Crippen LogP contribution is 2.10. The molecule has 2 rings (SSSR count). The van der Waals surface area contributed by atoms with Gasteiger partial charge in [0.15, 0.2) is 0 Å². The monoisotopic (exact) mass is 309 g/mol. The maximum absolute atomic E-state index is 12.1. The number of hydrogen-bond acceptors (Lipinski definition) is 5. The Bertz CT molecular complexity index is 695. The van der Waals surface area contributed by atoms with Gasteiger partial charge in [-0.3, -0.25) is 9.89 Å². The highest BCUT2D eigenvalue weighted by atomic mass is 32.2. The topological polar surface area (TPSA) is 117 Å². The number of sulfonamides is 1. The van der Waals surface area contributed by atoms with Gasteiger partial charge >= 0.3 is 0 Å². The first-order valence-electron chi connectivity index (χ1n) is 6.14. The number of aromatic amines is 1. The van der Waals surface area contributed by atoms with Crippen molar-refractivity contribution in [3.63, 3.8) is 0 Å². The number of nitrogens with one attached hydrogen (secondary N) is 3. The van der Waals surface area contributed by atoms with E-state index in [9.17, 15) is 13.2 Å². The van der Waals surface area contributed by atoms with E-state index in [1.165, 1.54) is 25.4 Å². The summed E-state index contributed by atoms with van der Waals surface area (Å²) in [5.74, 6) is 0.293. The summed E-state index contributed by atoms with van der Waals surface area (Å²) in [5, 5.41) is 8.85. The van der Waals surface area contributed by atoms with Crippen molar-refractivity contribution in [3.05, 3.63) is 42.0 Å². The summed E-state index contributed by atoms with van der Waals surface area (Å²) >= 11 is 0. The van der Waals surface area contributed by atoms with Crippen molar-refractivity contribution in [2.45, 2.75) is 24.9 Å². The molecule has 1 aromatic carbocycles. The number of benzene rings is 1. The van der Waals surface area contributed by atoms with Crippen LogP contribution in [-0.2, 0) is 27.9 Å². The van der Waals surface area contributed by atoms with Gasteiger partial charge in [0.25, 0.3) is 0 Å². The lowest BCUT2D eigenvalue weighted by Gasteiger charge is -2.07. The number of hydrogen-bond donors (Lipinski definition) is 3. The molecule has 0 spiro atoms. The molecular formula is C12H15N5O3S. The average Bonchev–Trinajstić information content (AvgIpc) is 2.97. The standard InChI is InChI=1S/C12H15N5O3S/c1-9(18)13-6-10-2-4-11(5-3-10)21(19,20)16-7-12-14-8-15-17-12/h2-5,8,16H,6-7H2,1H3,(H,13,18)(H,14,15,17). The van der Waals surface area contributed by atoms with Crippen LogP contribution in [0, 0.1) is 0 Å². The minimum atomic E-state index is -3.61. The van der Waals surface area contributed by atoms with Crippen LogP contribution in [0.15, 0.2) is 35.5 Å². The molecule has 0 atom stereocenters. The Morgan fingerprint density at radius 2 is 1.95 bits per heavy atom. The molecule has 1 amide bonds. The van der Waals surface area contributed by atoms with E-state index in [-0.39, 0.29) is 17.3 Å². The third-order valence-electron chi connectivity index (χ3n) is 2.67. The number of nitrogens with zero attached hydrogens (tertiary/aromatic N) is 2. The molecule has 0 aliphatic heterocycles. The van der Waals surface area contributed by atoms with Gasteiger partial charge in [-0.15, -0.1) is 0 Å². The van der Waals surface area contributed by atoms with E-state index in [0.29, 0.717) is 12.4 Å². The molecule has 3 N–H and O–H groups in total. The number of carbonyl (C=O) groups is 1. The smallest absolute Gasteiger partial charge is 0.240 e. The Morgan fingerprint density at radius 3 is 2.52 bits per heavy atom. The van der Waals surface area contributed by atoms with Crippen molar-refractivity contribution in [2.24, 2.45) is 0 Å². The highest BCUT2D eigenvalue weighted by Gasteiger charge is 2.14. The lowest BCUT2D eigenvalue weighted by molar-refractivity contribution is -0.119. The summed E-state index contributed by atoms with van der Waals surface area (Å²) in [4.78, 5) is 14.8. The Morgan fingerprint density at radius 1 is 1.24 bits per heavy atom. The van der Waals surface area contributed by atoms with E-state index in [2.05, 4.69) is 25.2 Å². The van der Waals surface area contributed by atoms with Gasteiger partial charge in [-0.25, -0.2) is 18.1 Å². The molecule has 21 heavy (non-hydrogen) atoms. The molecule has 2 aromatic rings. The summed E-state index contributed by atoms with van der Waals surface area (Å²) < 4.78 is 26.5. The zero-order chi connectivity index (χ0) is 15.3. The van der Waals surface area contributed by atoms with Crippen molar-refractivity contribution < 1.29 is 13.2 Å². The van der Waals surface area contributed by atoms with Crippen LogP contribution in [0.3, 0.4) is 0 Å². The summed E-state index contributed by atoms with van der Waals surface area (Å²) in [7, 11) is -3.61. The van der Waals surface area contributed by atoms with Gasteiger partial charge in [0.05, 0.1) is 11.4 Å².